The van der Waals surface area contributed by atoms with E-state index in [4.69, 9.17) is 14.6 Å². The van der Waals surface area contributed by atoms with Gasteiger partial charge < -0.3 is 24.8 Å². The van der Waals surface area contributed by atoms with E-state index >= 15 is 0 Å². The molecular weight excluding hydrogens is 200 g/mol. The lowest BCUT2D eigenvalue weighted by Gasteiger charge is -2.41. The molecule has 1 heterocycles. The van der Waals surface area contributed by atoms with Crippen LogP contribution in [0.5, 0.6) is 0 Å². The van der Waals surface area contributed by atoms with Crippen molar-refractivity contribution >= 4 is 0 Å². The number of aliphatic hydroxyl groups excluding tert-OH is 3. The van der Waals surface area contributed by atoms with Gasteiger partial charge in [-0.15, -0.1) is 0 Å². The minimum absolute atomic E-state index is 0.0774. The Hall–Kier alpha value is -0.200. The van der Waals surface area contributed by atoms with Gasteiger partial charge in [-0.1, -0.05) is 6.92 Å². The molecule has 0 aliphatic carbocycles. The topological polar surface area (TPSA) is 79.2 Å². The van der Waals surface area contributed by atoms with E-state index < -0.39 is 24.6 Å². The Balaban J connectivity index is 2.65. The predicted octanol–water partition coefficient (Wildman–Crippen LogP) is -0.514. The number of ether oxygens (including phenoxy) is 2. The van der Waals surface area contributed by atoms with Gasteiger partial charge in [0.2, 0.25) is 0 Å². The molecule has 3 N–H and O–H groups in total. The predicted molar refractivity (Wildman–Crippen MR) is 53.1 cm³/mol. The second-order valence-electron chi connectivity index (χ2n) is 4.25. The van der Waals surface area contributed by atoms with Crippen molar-refractivity contribution in [3.05, 3.63) is 0 Å². The first-order valence-electron chi connectivity index (χ1n) is 5.25. The summed E-state index contributed by atoms with van der Waals surface area (Å²) in [5, 5.41) is 28.4. The molecule has 15 heavy (non-hydrogen) atoms. The van der Waals surface area contributed by atoms with Gasteiger partial charge in [-0.25, -0.2) is 0 Å². The van der Waals surface area contributed by atoms with Crippen LogP contribution in [0.15, 0.2) is 0 Å². The Labute approximate surface area is 89.6 Å². The maximum atomic E-state index is 9.78. The van der Waals surface area contributed by atoms with Crippen molar-refractivity contribution in [2.45, 2.75) is 51.5 Å². The third-order valence-electron chi connectivity index (χ3n) is 2.63. The van der Waals surface area contributed by atoms with Crippen LogP contribution in [0.1, 0.15) is 20.8 Å². The summed E-state index contributed by atoms with van der Waals surface area (Å²) < 4.78 is 10.6. The first kappa shape index (κ1) is 12.9. The lowest BCUT2D eigenvalue weighted by molar-refractivity contribution is -0.296. The first-order valence-corrected chi connectivity index (χ1v) is 5.25. The third kappa shape index (κ3) is 2.89. The zero-order chi connectivity index (χ0) is 11.6. The van der Waals surface area contributed by atoms with E-state index in [9.17, 15) is 10.2 Å². The quantitative estimate of drug-likeness (QED) is 0.597. The van der Waals surface area contributed by atoms with Gasteiger partial charge in [0.05, 0.1) is 18.8 Å². The molecule has 0 saturated carbocycles. The Morgan fingerprint density at radius 3 is 2.33 bits per heavy atom. The molecule has 0 amide bonds. The number of aliphatic hydroxyl groups is 3. The molecule has 0 aromatic carbocycles. The molecule has 5 atom stereocenters. The van der Waals surface area contributed by atoms with E-state index in [1.165, 1.54) is 0 Å². The van der Waals surface area contributed by atoms with Crippen LogP contribution in [0.4, 0.5) is 0 Å². The molecule has 0 bridgehead atoms. The maximum Gasteiger partial charge on any atom is 0.184 e. The normalized spacial score (nSPS) is 42.2. The molecule has 1 aliphatic rings. The Bertz CT molecular complexity index is 194. The Morgan fingerprint density at radius 2 is 1.87 bits per heavy atom. The fourth-order valence-electron chi connectivity index (χ4n) is 1.65. The molecule has 90 valence electrons. The molecular formula is C10H20O5. The number of hydrogen-bond donors (Lipinski definition) is 3. The van der Waals surface area contributed by atoms with Gasteiger partial charge in [0.25, 0.3) is 0 Å². The van der Waals surface area contributed by atoms with Gasteiger partial charge in [0, 0.05) is 5.92 Å². The van der Waals surface area contributed by atoms with Crippen molar-refractivity contribution < 1.29 is 24.8 Å². The Kier molecular flexibility index (Phi) is 4.48. The second-order valence-corrected chi connectivity index (χ2v) is 4.25. The second kappa shape index (κ2) is 5.23. The molecule has 0 spiro atoms. The molecule has 1 saturated heterocycles. The van der Waals surface area contributed by atoms with E-state index in [1.807, 2.05) is 13.8 Å². The average Bonchev–Trinajstić information content (AvgIpc) is 2.18. The average molecular weight is 220 g/mol. The fraction of sp³-hybridized carbons (Fsp3) is 1.00. The van der Waals surface area contributed by atoms with E-state index in [1.54, 1.807) is 6.92 Å². The number of rotatable bonds is 3. The molecule has 1 fully saturated rings. The van der Waals surface area contributed by atoms with E-state index in [0.717, 1.165) is 0 Å². The summed E-state index contributed by atoms with van der Waals surface area (Å²) in [6.07, 6.45) is -3.28. The lowest BCUT2D eigenvalue weighted by Crippen LogP contribution is -2.55. The van der Waals surface area contributed by atoms with Crippen molar-refractivity contribution in [1.82, 2.24) is 0 Å². The lowest BCUT2D eigenvalue weighted by atomic mass is 9.91. The van der Waals surface area contributed by atoms with Crippen LogP contribution in [-0.4, -0.2) is 52.6 Å². The highest BCUT2D eigenvalue weighted by Crippen LogP contribution is 2.26. The summed E-state index contributed by atoms with van der Waals surface area (Å²) in [5.74, 6) is -0.375. The van der Waals surface area contributed by atoms with Crippen molar-refractivity contribution in [3.63, 3.8) is 0 Å². The van der Waals surface area contributed by atoms with Crippen molar-refractivity contribution in [2.24, 2.45) is 5.92 Å². The van der Waals surface area contributed by atoms with Crippen molar-refractivity contribution in [1.29, 1.82) is 0 Å². The van der Waals surface area contributed by atoms with E-state index in [0.29, 0.717) is 0 Å². The monoisotopic (exact) mass is 220 g/mol. The van der Waals surface area contributed by atoms with E-state index in [-0.39, 0.29) is 18.6 Å². The van der Waals surface area contributed by atoms with E-state index in [2.05, 4.69) is 0 Å². The van der Waals surface area contributed by atoms with Gasteiger partial charge >= 0.3 is 0 Å². The largest absolute Gasteiger partial charge is 0.394 e. The molecule has 0 aromatic heterocycles. The van der Waals surface area contributed by atoms with Gasteiger partial charge in [-0.3, -0.25) is 0 Å². The standard InChI is InChI=1S/C10H20O5/c1-5(2)14-10-9(13)6(3)8(12)7(4-11)15-10/h5-13H,4H2,1-3H3/t6-,7+,8-,9-,10-/m0/s1. The SMILES string of the molecule is CC(C)O[C@H]1O[C@H](CO)[C@@H](O)[C@H](C)[C@@H]1O. The van der Waals surface area contributed by atoms with Crippen molar-refractivity contribution in [2.75, 3.05) is 6.61 Å². The van der Waals surface area contributed by atoms with Crippen molar-refractivity contribution in [3.8, 4) is 0 Å². The minimum Gasteiger partial charge on any atom is -0.394 e. The summed E-state index contributed by atoms with van der Waals surface area (Å²) in [4.78, 5) is 0. The zero-order valence-corrected chi connectivity index (χ0v) is 9.33. The van der Waals surface area contributed by atoms with Gasteiger partial charge in [-0.05, 0) is 13.8 Å². The Morgan fingerprint density at radius 1 is 1.27 bits per heavy atom. The first-order chi connectivity index (χ1) is 6.97. The van der Waals surface area contributed by atoms with Crippen LogP contribution in [0.3, 0.4) is 0 Å². The number of hydrogen-bond acceptors (Lipinski definition) is 5. The highest BCUT2D eigenvalue weighted by atomic mass is 16.7. The highest BCUT2D eigenvalue weighted by Gasteiger charge is 2.42. The third-order valence-corrected chi connectivity index (χ3v) is 2.63. The summed E-state index contributed by atoms with van der Waals surface area (Å²) >= 11 is 0. The van der Waals surface area contributed by atoms with Crippen LogP contribution in [0, 0.1) is 5.92 Å². The van der Waals surface area contributed by atoms with Gasteiger partial charge in [0.15, 0.2) is 6.29 Å². The minimum atomic E-state index is -0.870. The van der Waals surface area contributed by atoms with Gasteiger partial charge in [0.1, 0.15) is 12.2 Å². The van der Waals surface area contributed by atoms with Crippen LogP contribution in [0.25, 0.3) is 0 Å². The van der Waals surface area contributed by atoms with Crippen LogP contribution < -0.4 is 0 Å². The smallest absolute Gasteiger partial charge is 0.184 e. The summed E-state index contributed by atoms with van der Waals surface area (Å²) in [6, 6.07) is 0. The van der Waals surface area contributed by atoms with Crippen LogP contribution >= 0.6 is 0 Å². The summed E-state index contributed by atoms with van der Waals surface area (Å²) in [7, 11) is 0. The zero-order valence-electron chi connectivity index (χ0n) is 9.33. The molecule has 0 radical (unpaired) electrons. The summed E-state index contributed by atoms with van der Waals surface area (Å²) in [6.45, 7) is 5.09. The molecule has 1 aliphatic heterocycles. The summed E-state index contributed by atoms with van der Waals surface area (Å²) in [5.41, 5.74) is 0. The fourth-order valence-corrected chi connectivity index (χ4v) is 1.65. The highest BCUT2D eigenvalue weighted by molar-refractivity contribution is 4.86. The van der Waals surface area contributed by atoms with Gasteiger partial charge in [-0.2, -0.15) is 0 Å². The maximum absolute atomic E-state index is 9.78. The molecule has 5 nitrogen and oxygen atoms in total. The van der Waals surface area contributed by atoms with Crippen LogP contribution in [-0.2, 0) is 9.47 Å². The molecule has 5 heteroatoms. The molecule has 0 aromatic rings. The molecule has 0 unspecified atom stereocenters. The van der Waals surface area contributed by atoms with Crippen LogP contribution in [0.2, 0.25) is 0 Å². The molecule has 1 rings (SSSR count).